The summed E-state index contributed by atoms with van der Waals surface area (Å²) in [6.45, 7) is 1.89. The van der Waals surface area contributed by atoms with Crippen LogP contribution in [0.3, 0.4) is 0 Å². The number of hydrogen-bond donors (Lipinski definition) is 1. The lowest BCUT2D eigenvalue weighted by atomic mass is 10.0. The first-order valence-electron chi connectivity index (χ1n) is 5.71. The number of ether oxygens (including phenoxy) is 1. The van der Waals surface area contributed by atoms with Gasteiger partial charge in [-0.1, -0.05) is 6.07 Å². The Labute approximate surface area is 121 Å². The van der Waals surface area contributed by atoms with Gasteiger partial charge in [0.2, 0.25) is 0 Å². The molecule has 2 rings (SSSR count). The topological polar surface area (TPSA) is 77.6 Å². The number of nitrogens with two attached hydrogens (primary N) is 1. The molecule has 0 bridgehead atoms. The minimum Gasteiger partial charge on any atom is -0.410 e. The van der Waals surface area contributed by atoms with E-state index in [1.54, 1.807) is 30.6 Å². The molecule has 6 heteroatoms. The van der Waals surface area contributed by atoms with Crippen molar-refractivity contribution in [1.29, 1.82) is 0 Å². The minimum atomic E-state index is -0.853. The summed E-state index contributed by atoms with van der Waals surface area (Å²) in [6.07, 6.45) is 2.38. The number of amides is 1. The number of carbonyl (C=O) groups is 1. The second-order valence-electron chi connectivity index (χ2n) is 4.05. The maximum absolute atomic E-state index is 10.8. The van der Waals surface area contributed by atoms with Gasteiger partial charge in [-0.2, -0.15) is 4.99 Å². The molecule has 0 spiro atoms. The molecule has 0 fully saturated rings. The quantitative estimate of drug-likeness (QED) is 0.693. The Morgan fingerprint density at radius 2 is 2.25 bits per heavy atom. The van der Waals surface area contributed by atoms with Crippen molar-refractivity contribution in [2.75, 3.05) is 0 Å². The van der Waals surface area contributed by atoms with Gasteiger partial charge in [-0.3, -0.25) is 4.98 Å². The third-order valence-corrected chi connectivity index (χ3v) is 2.64. The average molecular weight is 285 g/mol. The number of nitrogens with zero attached hydrogens (tertiary/aromatic N) is 2. The molecule has 0 aliphatic heterocycles. The number of carbonyl (C=O) groups excluding carboxylic acids is 1. The molecule has 2 aromatic rings. The first-order chi connectivity index (χ1) is 9.60. The van der Waals surface area contributed by atoms with Crippen molar-refractivity contribution in [2.45, 2.75) is 6.92 Å². The van der Waals surface area contributed by atoms with E-state index in [1.165, 1.54) is 0 Å². The van der Waals surface area contributed by atoms with E-state index in [0.29, 0.717) is 11.4 Å². The molecule has 0 unspecified atom stereocenters. The van der Waals surface area contributed by atoms with Gasteiger partial charge in [0.25, 0.3) is 0 Å². The number of hydrogen-bond acceptors (Lipinski definition) is 5. The van der Waals surface area contributed by atoms with Crippen LogP contribution >= 0.6 is 12.2 Å². The number of rotatable bonds is 3. The minimum absolute atomic E-state index is 0.376. The maximum atomic E-state index is 10.8. The highest BCUT2D eigenvalue weighted by atomic mass is 32.1. The van der Waals surface area contributed by atoms with E-state index in [2.05, 4.69) is 27.4 Å². The van der Waals surface area contributed by atoms with Crippen LogP contribution in [0.15, 0.2) is 41.7 Å². The molecule has 0 saturated heterocycles. The summed E-state index contributed by atoms with van der Waals surface area (Å²) in [4.78, 5) is 18.8. The number of aryl methyl sites for hydroxylation is 1. The predicted molar refractivity (Wildman–Crippen MR) is 79.3 cm³/mol. The van der Waals surface area contributed by atoms with Gasteiger partial charge in [0.15, 0.2) is 0 Å². The summed E-state index contributed by atoms with van der Waals surface area (Å²) in [5.74, 6) is 0.376. The van der Waals surface area contributed by atoms with Gasteiger partial charge in [0.05, 0.1) is 11.4 Å². The predicted octanol–water partition coefficient (Wildman–Crippen LogP) is 3.25. The summed E-state index contributed by atoms with van der Waals surface area (Å²) in [7, 11) is 0. The molecule has 1 aromatic heterocycles. The van der Waals surface area contributed by atoms with Gasteiger partial charge < -0.3 is 10.5 Å². The first-order valence-corrected chi connectivity index (χ1v) is 6.12. The largest absolute Gasteiger partial charge is 0.410 e. The molecule has 1 heterocycles. The Morgan fingerprint density at radius 1 is 1.45 bits per heavy atom. The van der Waals surface area contributed by atoms with E-state index >= 15 is 0 Å². The van der Waals surface area contributed by atoms with Crippen LogP contribution in [0, 0.1) is 6.92 Å². The Kier molecular flexibility index (Phi) is 4.20. The van der Waals surface area contributed by atoms with E-state index in [9.17, 15) is 4.79 Å². The molecule has 0 saturated carbocycles. The van der Waals surface area contributed by atoms with Crippen LogP contribution in [-0.4, -0.2) is 16.2 Å². The lowest BCUT2D eigenvalue weighted by Gasteiger charge is -2.08. The zero-order valence-corrected chi connectivity index (χ0v) is 11.5. The van der Waals surface area contributed by atoms with Crippen LogP contribution in [0.2, 0.25) is 0 Å². The molecule has 0 aliphatic carbocycles. The van der Waals surface area contributed by atoms with Crippen LogP contribution in [-0.2, 0) is 0 Å². The summed E-state index contributed by atoms with van der Waals surface area (Å²) >= 11 is 4.62. The Bertz CT molecular complexity index is 709. The zero-order valence-electron chi connectivity index (χ0n) is 10.7. The van der Waals surface area contributed by atoms with E-state index in [4.69, 9.17) is 10.5 Å². The van der Waals surface area contributed by atoms with Crippen LogP contribution < -0.4 is 10.5 Å². The normalized spacial score (nSPS) is 9.65. The molecule has 5 nitrogen and oxygen atoms in total. The lowest BCUT2D eigenvalue weighted by molar-refractivity contribution is 0.211. The zero-order chi connectivity index (χ0) is 14.5. The SMILES string of the molecule is Cc1cc(OC(N)=O)cc(-c2ccncc2N=C=S)c1. The molecular formula is C14H11N3O2S. The molecule has 0 radical (unpaired) electrons. The Balaban J connectivity index is 2.55. The van der Waals surface area contributed by atoms with Crippen molar-refractivity contribution in [1.82, 2.24) is 4.98 Å². The van der Waals surface area contributed by atoms with E-state index in [-0.39, 0.29) is 0 Å². The van der Waals surface area contributed by atoms with Crippen molar-refractivity contribution in [3.63, 3.8) is 0 Å². The lowest BCUT2D eigenvalue weighted by Crippen LogP contribution is -2.16. The van der Waals surface area contributed by atoms with Crippen LogP contribution in [0.4, 0.5) is 10.5 Å². The smallest absolute Gasteiger partial charge is 0.409 e. The maximum Gasteiger partial charge on any atom is 0.409 e. The molecule has 20 heavy (non-hydrogen) atoms. The number of primary amides is 1. The highest BCUT2D eigenvalue weighted by Gasteiger charge is 2.08. The fourth-order valence-electron chi connectivity index (χ4n) is 1.85. The van der Waals surface area contributed by atoms with Gasteiger partial charge in [0.1, 0.15) is 11.4 Å². The van der Waals surface area contributed by atoms with Crippen molar-refractivity contribution in [3.05, 3.63) is 42.2 Å². The molecule has 1 aromatic carbocycles. The van der Waals surface area contributed by atoms with Crippen molar-refractivity contribution in [3.8, 4) is 16.9 Å². The fraction of sp³-hybridized carbons (Fsp3) is 0.0714. The molecular weight excluding hydrogens is 274 g/mol. The van der Waals surface area contributed by atoms with Gasteiger partial charge >= 0.3 is 6.09 Å². The Morgan fingerprint density at radius 3 is 2.95 bits per heavy atom. The third kappa shape index (κ3) is 3.26. The van der Waals surface area contributed by atoms with E-state index in [1.807, 2.05) is 13.0 Å². The number of aromatic nitrogens is 1. The number of aliphatic imine (C=N–C) groups is 1. The fourth-order valence-corrected chi connectivity index (χ4v) is 1.95. The monoisotopic (exact) mass is 285 g/mol. The average Bonchev–Trinajstić information content (AvgIpc) is 2.38. The number of isothiocyanates is 1. The van der Waals surface area contributed by atoms with Gasteiger partial charge in [-0.25, -0.2) is 4.79 Å². The van der Waals surface area contributed by atoms with E-state index < -0.39 is 6.09 Å². The van der Waals surface area contributed by atoms with Gasteiger partial charge in [0, 0.05) is 11.8 Å². The second kappa shape index (κ2) is 6.06. The summed E-state index contributed by atoms with van der Waals surface area (Å²) < 4.78 is 4.91. The highest BCUT2D eigenvalue weighted by molar-refractivity contribution is 7.78. The van der Waals surface area contributed by atoms with E-state index in [0.717, 1.165) is 16.7 Å². The molecule has 2 N–H and O–H groups in total. The second-order valence-corrected chi connectivity index (χ2v) is 4.23. The van der Waals surface area contributed by atoms with Gasteiger partial charge in [-0.05, 0) is 48.5 Å². The van der Waals surface area contributed by atoms with Crippen molar-refractivity contribution in [2.24, 2.45) is 10.7 Å². The van der Waals surface area contributed by atoms with Crippen molar-refractivity contribution < 1.29 is 9.53 Å². The molecule has 100 valence electrons. The third-order valence-electron chi connectivity index (χ3n) is 2.55. The summed E-state index contributed by atoms with van der Waals surface area (Å²) in [5.41, 5.74) is 8.19. The standard InChI is InChI=1S/C14H11N3O2S/c1-9-4-10(6-11(5-9)19-14(15)18)12-2-3-16-7-13(12)17-8-20/h2-7H,1H3,(H2,15,18). The van der Waals surface area contributed by atoms with Crippen LogP contribution in [0.5, 0.6) is 5.75 Å². The summed E-state index contributed by atoms with van der Waals surface area (Å²) in [6, 6.07) is 7.16. The Hall–Kier alpha value is -2.56. The van der Waals surface area contributed by atoms with Gasteiger partial charge in [-0.15, -0.1) is 0 Å². The van der Waals surface area contributed by atoms with Crippen LogP contribution in [0.25, 0.3) is 11.1 Å². The van der Waals surface area contributed by atoms with Crippen molar-refractivity contribution >= 4 is 29.2 Å². The summed E-state index contributed by atoms with van der Waals surface area (Å²) in [5, 5.41) is 2.32. The van der Waals surface area contributed by atoms with Crippen LogP contribution in [0.1, 0.15) is 5.56 Å². The molecule has 0 aliphatic rings. The molecule has 1 amide bonds. The highest BCUT2D eigenvalue weighted by Crippen LogP contribution is 2.32. The molecule has 0 atom stereocenters. The first kappa shape index (κ1) is 13.9. The number of pyridine rings is 1. The number of benzene rings is 1. The number of thiocarbonyl (C=S) groups is 1.